The lowest BCUT2D eigenvalue weighted by atomic mass is 9.96. The van der Waals surface area contributed by atoms with E-state index in [2.05, 4.69) is 21.3 Å². The minimum atomic E-state index is -1.60. The van der Waals surface area contributed by atoms with E-state index in [0.717, 1.165) is 16.7 Å². The fourth-order valence-electron chi connectivity index (χ4n) is 4.24. The van der Waals surface area contributed by atoms with Crippen molar-refractivity contribution in [3.8, 4) is 0 Å². The molecule has 2 aromatic carbocycles. The van der Waals surface area contributed by atoms with Gasteiger partial charge in [-0.1, -0.05) is 80.4 Å². The first-order valence-corrected chi connectivity index (χ1v) is 14.2. The summed E-state index contributed by atoms with van der Waals surface area (Å²) in [6, 6.07) is 13.0. The summed E-state index contributed by atoms with van der Waals surface area (Å²) in [7, 11) is 0. The molecule has 0 spiro atoms. The molecule has 0 radical (unpaired) electrons. The molecule has 0 aliphatic rings. The van der Waals surface area contributed by atoms with E-state index >= 15 is 0 Å². The van der Waals surface area contributed by atoms with Crippen LogP contribution in [0, 0.1) is 12.8 Å². The number of carbonyl (C=O) groups excluding carboxylic acids is 5. The largest absolute Gasteiger partial charge is 0.480 e. The zero-order valence-corrected chi connectivity index (χ0v) is 25.5. The minimum Gasteiger partial charge on any atom is -0.480 e. The number of Topliss-reactive ketones (excluding diaryl/α,β-unsaturated/α-hetero) is 1. The van der Waals surface area contributed by atoms with E-state index in [1.54, 1.807) is 38.1 Å². The quantitative estimate of drug-likeness (QED) is 0.196. The number of rotatable bonds is 15. The summed E-state index contributed by atoms with van der Waals surface area (Å²) >= 11 is 0. The highest BCUT2D eigenvalue weighted by molar-refractivity contribution is 6.38. The van der Waals surface area contributed by atoms with Crippen LogP contribution in [0.2, 0.25) is 0 Å². The number of aliphatic carboxylic acids is 1. The fourth-order valence-corrected chi connectivity index (χ4v) is 4.24. The van der Waals surface area contributed by atoms with Crippen molar-refractivity contribution in [3.63, 3.8) is 0 Å². The average molecular weight is 595 g/mol. The van der Waals surface area contributed by atoms with Gasteiger partial charge in [0.15, 0.2) is 0 Å². The molecule has 4 amide bonds. The lowest BCUT2D eigenvalue weighted by Crippen LogP contribution is -2.60. The van der Waals surface area contributed by atoms with E-state index < -0.39 is 59.1 Å². The minimum absolute atomic E-state index is 0.0487. The first-order valence-electron chi connectivity index (χ1n) is 14.2. The second kappa shape index (κ2) is 15.6. The number of hydrogen-bond donors (Lipinski definition) is 5. The summed E-state index contributed by atoms with van der Waals surface area (Å²) < 4.78 is 0. The molecule has 0 aliphatic carbocycles. The van der Waals surface area contributed by atoms with Gasteiger partial charge >= 0.3 is 5.97 Å². The number of carboxylic acid groups (broad SMARTS) is 1. The maximum Gasteiger partial charge on any atom is 0.328 e. The van der Waals surface area contributed by atoms with Crippen molar-refractivity contribution >= 4 is 35.4 Å². The molecule has 0 aliphatic heterocycles. The zero-order chi connectivity index (χ0) is 32.3. The average Bonchev–Trinajstić information content (AvgIpc) is 2.94. The maximum atomic E-state index is 13.3. The van der Waals surface area contributed by atoms with Gasteiger partial charge in [-0.3, -0.25) is 24.0 Å². The molecule has 43 heavy (non-hydrogen) atoms. The standard InChI is InChI=1S/C32H42N4O7/c1-7-20(3)26(29(40)36-32(5,6)31(42)43)35-30(41)27(38)21(4)33-28(39)24(17-23-15-11-12-19(2)16-23)34-25(37)18-22-13-9-8-10-14-22/h8-16,20-21,24,26H,7,17-18H2,1-6H3,(H,33,39)(H,34,37)(H,35,41)(H,36,40)(H,42,43). The second-order valence-corrected chi connectivity index (χ2v) is 11.3. The number of carboxylic acids is 1. The van der Waals surface area contributed by atoms with Gasteiger partial charge in [0.1, 0.15) is 17.6 Å². The highest BCUT2D eigenvalue weighted by Crippen LogP contribution is 2.12. The molecule has 0 fully saturated rings. The Morgan fingerprint density at radius 1 is 0.837 bits per heavy atom. The van der Waals surface area contributed by atoms with Crippen LogP contribution in [0.15, 0.2) is 54.6 Å². The van der Waals surface area contributed by atoms with Crippen LogP contribution in [-0.2, 0) is 41.6 Å². The van der Waals surface area contributed by atoms with Crippen LogP contribution in [0.3, 0.4) is 0 Å². The van der Waals surface area contributed by atoms with Crippen molar-refractivity contribution in [2.45, 2.75) is 84.5 Å². The molecule has 5 N–H and O–H groups in total. The van der Waals surface area contributed by atoms with Gasteiger partial charge in [-0.15, -0.1) is 0 Å². The van der Waals surface area contributed by atoms with Gasteiger partial charge in [-0.25, -0.2) is 4.79 Å². The van der Waals surface area contributed by atoms with Gasteiger partial charge in [0.2, 0.25) is 23.5 Å². The predicted octanol–water partition coefficient (Wildman–Crippen LogP) is 1.85. The number of amides is 4. The van der Waals surface area contributed by atoms with E-state index in [1.807, 2.05) is 37.3 Å². The van der Waals surface area contributed by atoms with Crippen molar-refractivity contribution in [2.75, 3.05) is 0 Å². The predicted molar refractivity (Wildman–Crippen MR) is 161 cm³/mol. The highest BCUT2D eigenvalue weighted by atomic mass is 16.4. The Labute approximate surface area is 252 Å². The molecule has 4 unspecified atom stereocenters. The second-order valence-electron chi connectivity index (χ2n) is 11.3. The number of aryl methyl sites for hydroxylation is 1. The summed E-state index contributed by atoms with van der Waals surface area (Å²) in [5, 5.41) is 19.4. The van der Waals surface area contributed by atoms with Crippen LogP contribution in [0.4, 0.5) is 0 Å². The van der Waals surface area contributed by atoms with Crippen LogP contribution < -0.4 is 21.3 Å². The number of nitrogens with one attached hydrogen (secondary N) is 4. The van der Waals surface area contributed by atoms with Gasteiger partial charge < -0.3 is 26.4 Å². The Hall–Kier alpha value is -4.54. The summed E-state index contributed by atoms with van der Waals surface area (Å²) in [4.78, 5) is 76.4. The van der Waals surface area contributed by atoms with Crippen LogP contribution in [0.5, 0.6) is 0 Å². The van der Waals surface area contributed by atoms with Gasteiger partial charge in [0.05, 0.1) is 12.5 Å². The van der Waals surface area contributed by atoms with E-state index in [4.69, 9.17) is 0 Å². The van der Waals surface area contributed by atoms with Gasteiger partial charge in [0, 0.05) is 6.42 Å². The molecule has 11 heteroatoms. The topological polar surface area (TPSA) is 171 Å². The molecule has 11 nitrogen and oxygen atoms in total. The lowest BCUT2D eigenvalue weighted by molar-refractivity contribution is -0.147. The first-order chi connectivity index (χ1) is 20.1. The molecule has 2 rings (SSSR count). The molecule has 0 saturated heterocycles. The Kier molecular flexibility index (Phi) is 12.6. The van der Waals surface area contributed by atoms with Crippen LogP contribution in [-0.4, -0.2) is 64.2 Å². The molecular weight excluding hydrogens is 552 g/mol. The van der Waals surface area contributed by atoms with Gasteiger partial charge in [-0.05, 0) is 44.7 Å². The van der Waals surface area contributed by atoms with Gasteiger partial charge in [-0.2, -0.15) is 0 Å². The SMILES string of the molecule is CCC(C)C(NC(=O)C(=O)C(C)NC(=O)C(Cc1cccc(C)c1)NC(=O)Cc1ccccc1)C(=O)NC(C)(C)C(=O)O. The Bertz CT molecular complexity index is 1330. The molecule has 232 valence electrons. The third-order valence-corrected chi connectivity index (χ3v) is 7.11. The van der Waals surface area contributed by atoms with Crippen LogP contribution in [0.25, 0.3) is 0 Å². The third kappa shape index (κ3) is 10.7. The molecule has 0 saturated carbocycles. The van der Waals surface area contributed by atoms with Crippen molar-refractivity contribution in [1.29, 1.82) is 0 Å². The van der Waals surface area contributed by atoms with E-state index in [1.165, 1.54) is 20.8 Å². The number of hydrogen-bond acceptors (Lipinski definition) is 6. The lowest BCUT2D eigenvalue weighted by Gasteiger charge is -2.28. The summed E-state index contributed by atoms with van der Waals surface area (Å²) in [6.07, 6.45) is 0.652. The van der Waals surface area contributed by atoms with E-state index in [-0.39, 0.29) is 18.7 Å². The number of carbonyl (C=O) groups is 6. The number of ketones is 1. The third-order valence-electron chi connectivity index (χ3n) is 7.11. The molecular formula is C32H42N4O7. The molecule has 0 aromatic heterocycles. The van der Waals surface area contributed by atoms with Crippen molar-refractivity contribution in [3.05, 3.63) is 71.3 Å². The fraction of sp³-hybridized carbons (Fsp3) is 0.438. The van der Waals surface area contributed by atoms with Gasteiger partial charge in [0.25, 0.3) is 5.91 Å². The van der Waals surface area contributed by atoms with E-state index in [9.17, 15) is 33.9 Å². The summed E-state index contributed by atoms with van der Waals surface area (Å²) in [5.74, 6) is -5.60. The van der Waals surface area contributed by atoms with Crippen LogP contribution >= 0.6 is 0 Å². The summed E-state index contributed by atoms with van der Waals surface area (Å²) in [5.41, 5.74) is 0.931. The summed E-state index contributed by atoms with van der Waals surface area (Å²) in [6.45, 7) is 9.31. The zero-order valence-electron chi connectivity index (χ0n) is 25.5. The Morgan fingerprint density at radius 3 is 2.05 bits per heavy atom. The molecule has 4 atom stereocenters. The highest BCUT2D eigenvalue weighted by Gasteiger charge is 2.36. The Morgan fingerprint density at radius 2 is 1.47 bits per heavy atom. The normalized spacial score (nSPS) is 13.9. The molecule has 2 aromatic rings. The maximum absolute atomic E-state index is 13.3. The smallest absolute Gasteiger partial charge is 0.328 e. The molecule has 0 bridgehead atoms. The van der Waals surface area contributed by atoms with Crippen LogP contribution in [0.1, 0.15) is 57.7 Å². The van der Waals surface area contributed by atoms with Crippen molar-refractivity contribution < 1.29 is 33.9 Å². The number of benzene rings is 2. The monoisotopic (exact) mass is 594 g/mol. The Balaban J connectivity index is 2.15. The van der Waals surface area contributed by atoms with Crippen molar-refractivity contribution in [1.82, 2.24) is 21.3 Å². The van der Waals surface area contributed by atoms with E-state index in [0.29, 0.717) is 6.42 Å². The first kappa shape index (κ1) is 34.7. The van der Waals surface area contributed by atoms with Crippen molar-refractivity contribution in [2.24, 2.45) is 5.92 Å². The molecule has 0 heterocycles.